The lowest BCUT2D eigenvalue weighted by Crippen LogP contribution is -2.10. The zero-order valence-corrected chi connectivity index (χ0v) is 6.45. The van der Waals surface area contributed by atoms with Crippen molar-refractivity contribution in [1.29, 1.82) is 0 Å². The second kappa shape index (κ2) is 2.97. The fourth-order valence-corrected chi connectivity index (χ4v) is 1.86. The van der Waals surface area contributed by atoms with Crippen LogP contribution in [-0.2, 0) is 0 Å². The number of hydrogen-bond donors (Lipinski definition) is 0. The summed E-state index contributed by atoms with van der Waals surface area (Å²) in [7, 11) is 2.11. The minimum absolute atomic E-state index is 1.17. The third-order valence-corrected chi connectivity index (χ3v) is 2.44. The highest BCUT2D eigenvalue weighted by Gasteiger charge is 2.10. The van der Waals surface area contributed by atoms with E-state index < -0.39 is 0 Å². The highest BCUT2D eigenvalue weighted by molar-refractivity contribution is 8.03. The second-order valence-electron chi connectivity index (χ2n) is 2.01. The largest absolute Gasteiger partial charge is 0.369 e. The highest BCUT2D eigenvalue weighted by Crippen LogP contribution is 2.25. The van der Waals surface area contributed by atoms with Gasteiger partial charge >= 0.3 is 0 Å². The predicted molar refractivity (Wildman–Crippen MR) is 43.4 cm³/mol. The van der Waals surface area contributed by atoms with Crippen LogP contribution in [0.25, 0.3) is 0 Å². The predicted octanol–water partition coefficient (Wildman–Crippen LogP) is 1.69. The SMILES string of the molecule is C=C/C=C1/SCCN1C. The molecular weight excluding hydrogens is 130 g/mol. The van der Waals surface area contributed by atoms with Crippen LogP contribution in [0.5, 0.6) is 0 Å². The van der Waals surface area contributed by atoms with Crippen molar-refractivity contribution in [3.8, 4) is 0 Å². The van der Waals surface area contributed by atoms with Gasteiger partial charge in [0.05, 0.1) is 5.03 Å². The van der Waals surface area contributed by atoms with Gasteiger partial charge in [-0.3, -0.25) is 0 Å². The first-order valence-electron chi connectivity index (χ1n) is 3.01. The van der Waals surface area contributed by atoms with E-state index in [2.05, 4.69) is 24.6 Å². The molecule has 0 aromatic rings. The fourth-order valence-electron chi connectivity index (χ4n) is 0.784. The minimum atomic E-state index is 1.17. The highest BCUT2D eigenvalue weighted by atomic mass is 32.2. The average molecular weight is 141 g/mol. The van der Waals surface area contributed by atoms with Gasteiger partial charge in [0, 0.05) is 19.3 Å². The molecule has 0 saturated carbocycles. The van der Waals surface area contributed by atoms with E-state index in [9.17, 15) is 0 Å². The van der Waals surface area contributed by atoms with E-state index in [1.165, 1.54) is 17.3 Å². The number of thioether (sulfide) groups is 1. The van der Waals surface area contributed by atoms with E-state index in [4.69, 9.17) is 0 Å². The van der Waals surface area contributed by atoms with Crippen LogP contribution >= 0.6 is 11.8 Å². The molecule has 1 fully saturated rings. The van der Waals surface area contributed by atoms with E-state index in [0.717, 1.165) is 0 Å². The summed E-state index contributed by atoms with van der Waals surface area (Å²) < 4.78 is 0. The Morgan fingerprint density at radius 1 is 1.78 bits per heavy atom. The van der Waals surface area contributed by atoms with Crippen molar-refractivity contribution in [2.24, 2.45) is 0 Å². The normalized spacial score (nSPS) is 23.2. The van der Waals surface area contributed by atoms with E-state index in [-0.39, 0.29) is 0 Å². The Kier molecular flexibility index (Phi) is 2.22. The molecule has 1 saturated heterocycles. The molecule has 0 amide bonds. The molecule has 0 bridgehead atoms. The Bertz CT molecular complexity index is 140. The van der Waals surface area contributed by atoms with Gasteiger partial charge in [-0.15, -0.1) is 11.8 Å². The van der Waals surface area contributed by atoms with Gasteiger partial charge in [-0.05, 0) is 6.08 Å². The van der Waals surface area contributed by atoms with Gasteiger partial charge in [-0.2, -0.15) is 0 Å². The van der Waals surface area contributed by atoms with Gasteiger partial charge in [0.25, 0.3) is 0 Å². The molecule has 1 aliphatic rings. The van der Waals surface area contributed by atoms with Gasteiger partial charge in [0.1, 0.15) is 0 Å². The molecule has 0 aromatic heterocycles. The number of allylic oxidation sites excluding steroid dienone is 2. The molecule has 0 unspecified atom stereocenters. The minimum Gasteiger partial charge on any atom is -0.369 e. The quantitative estimate of drug-likeness (QED) is 0.546. The van der Waals surface area contributed by atoms with E-state index in [1.54, 1.807) is 0 Å². The third-order valence-electron chi connectivity index (χ3n) is 1.31. The van der Waals surface area contributed by atoms with Gasteiger partial charge < -0.3 is 4.90 Å². The topological polar surface area (TPSA) is 3.24 Å². The van der Waals surface area contributed by atoms with Crippen molar-refractivity contribution in [3.05, 3.63) is 23.8 Å². The smallest absolute Gasteiger partial charge is 0.0705 e. The maximum absolute atomic E-state index is 3.64. The molecule has 0 spiro atoms. The molecule has 0 aliphatic carbocycles. The second-order valence-corrected chi connectivity index (χ2v) is 3.13. The summed E-state index contributed by atoms with van der Waals surface area (Å²) in [4.78, 5) is 2.24. The van der Waals surface area contributed by atoms with Crippen LogP contribution in [0.3, 0.4) is 0 Å². The summed E-state index contributed by atoms with van der Waals surface area (Å²) in [6.45, 7) is 4.81. The van der Waals surface area contributed by atoms with Crippen molar-refractivity contribution in [3.63, 3.8) is 0 Å². The van der Waals surface area contributed by atoms with Crippen molar-refractivity contribution in [2.75, 3.05) is 19.3 Å². The molecule has 0 aromatic carbocycles. The zero-order valence-electron chi connectivity index (χ0n) is 5.63. The van der Waals surface area contributed by atoms with E-state index in [0.29, 0.717) is 0 Å². The lowest BCUT2D eigenvalue weighted by Gasteiger charge is -2.09. The molecule has 0 N–H and O–H groups in total. The molecule has 0 atom stereocenters. The van der Waals surface area contributed by atoms with E-state index >= 15 is 0 Å². The molecule has 2 heteroatoms. The first-order valence-corrected chi connectivity index (χ1v) is 4.00. The number of hydrogen-bond acceptors (Lipinski definition) is 2. The van der Waals surface area contributed by atoms with Crippen LogP contribution in [0.15, 0.2) is 23.8 Å². The Labute approximate surface area is 60.4 Å². The van der Waals surface area contributed by atoms with Crippen molar-refractivity contribution >= 4 is 11.8 Å². The van der Waals surface area contributed by atoms with Crippen molar-refractivity contribution in [2.45, 2.75) is 0 Å². The fraction of sp³-hybridized carbons (Fsp3) is 0.429. The maximum atomic E-state index is 3.64. The Morgan fingerprint density at radius 3 is 3.00 bits per heavy atom. The zero-order chi connectivity index (χ0) is 6.69. The molecular formula is C7H11NS. The Morgan fingerprint density at radius 2 is 2.56 bits per heavy atom. The molecule has 1 rings (SSSR count). The average Bonchev–Trinajstić information content (AvgIpc) is 2.18. The summed E-state index contributed by atoms with van der Waals surface area (Å²) in [6, 6.07) is 0. The first-order chi connectivity index (χ1) is 4.34. The van der Waals surface area contributed by atoms with E-state index in [1.807, 2.05) is 17.8 Å². The van der Waals surface area contributed by atoms with Gasteiger partial charge in [-0.1, -0.05) is 12.7 Å². The molecule has 9 heavy (non-hydrogen) atoms. The van der Waals surface area contributed by atoms with Gasteiger partial charge in [0.15, 0.2) is 0 Å². The lowest BCUT2D eigenvalue weighted by molar-refractivity contribution is 0.493. The Hall–Kier alpha value is -0.370. The lowest BCUT2D eigenvalue weighted by atomic mass is 10.5. The molecule has 1 heterocycles. The van der Waals surface area contributed by atoms with Gasteiger partial charge in [0.2, 0.25) is 0 Å². The molecule has 1 aliphatic heterocycles. The van der Waals surface area contributed by atoms with Crippen LogP contribution in [0.1, 0.15) is 0 Å². The Balaban J connectivity index is 2.58. The molecule has 1 nitrogen and oxygen atoms in total. The summed E-state index contributed by atoms with van der Waals surface area (Å²) in [5, 5.41) is 1.34. The first kappa shape index (κ1) is 6.75. The van der Waals surface area contributed by atoms with Crippen molar-refractivity contribution < 1.29 is 0 Å². The summed E-state index contributed by atoms with van der Waals surface area (Å²) in [5.74, 6) is 1.22. The van der Waals surface area contributed by atoms with Gasteiger partial charge in [-0.25, -0.2) is 0 Å². The van der Waals surface area contributed by atoms with Crippen LogP contribution in [0, 0.1) is 0 Å². The summed E-state index contributed by atoms with van der Waals surface area (Å²) in [6.07, 6.45) is 3.89. The molecule has 50 valence electrons. The van der Waals surface area contributed by atoms with Crippen molar-refractivity contribution in [1.82, 2.24) is 4.90 Å². The summed E-state index contributed by atoms with van der Waals surface area (Å²) in [5.41, 5.74) is 0. The standard InChI is InChI=1S/C7H11NS/c1-3-4-7-8(2)5-6-9-7/h3-4H,1,5-6H2,2H3/b7-4+. The van der Waals surface area contributed by atoms with Crippen LogP contribution in [0.4, 0.5) is 0 Å². The summed E-state index contributed by atoms with van der Waals surface area (Å²) >= 11 is 1.89. The van der Waals surface area contributed by atoms with Crippen LogP contribution < -0.4 is 0 Å². The third kappa shape index (κ3) is 1.52. The number of nitrogens with zero attached hydrogens (tertiary/aromatic N) is 1. The van der Waals surface area contributed by atoms with Crippen LogP contribution in [-0.4, -0.2) is 24.2 Å². The monoisotopic (exact) mass is 141 g/mol. The molecule has 0 radical (unpaired) electrons. The van der Waals surface area contributed by atoms with Crippen LogP contribution in [0.2, 0.25) is 0 Å². The number of rotatable bonds is 1. The maximum Gasteiger partial charge on any atom is 0.0705 e.